The molecule has 0 amide bonds. The highest BCUT2D eigenvalue weighted by molar-refractivity contribution is 6.31. The minimum Gasteiger partial charge on any atom is -0.250 e. The van der Waals surface area contributed by atoms with Crippen molar-refractivity contribution in [2.75, 3.05) is 0 Å². The molecule has 44 valence electrons. The largest absolute Gasteiger partial charge is 0.250 e. The molecule has 0 atom stereocenters. The van der Waals surface area contributed by atoms with Crippen LogP contribution >= 0.6 is 0 Å². The summed E-state index contributed by atoms with van der Waals surface area (Å²) in [4.78, 5) is 7.89. The van der Waals surface area contributed by atoms with E-state index < -0.39 is 0 Å². The van der Waals surface area contributed by atoms with Crippen molar-refractivity contribution < 1.29 is 0 Å². The predicted octanol–water partition coefficient (Wildman–Crippen LogP) is -0.113. The summed E-state index contributed by atoms with van der Waals surface area (Å²) in [6, 6.07) is 0. The second-order valence-corrected chi connectivity index (χ2v) is 1.99. The molecule has 2 nitrogen and oxygen atoms in total. The van der Waals surface area contributed by atoms with Crippen LogP contribution in [0, 0.1) is 13.8 Å². The first kappa shape index (κ1) is 6.27. The molecule has 1 rings (SSSR count). The Labute approximate surface area is 55.8 Å². The van der Waals surface area contributed by atoms with Crippen LogP contribution in [0.15, 0.2) is 6.20 Å². The number of nitrogens with zero attached hydrogens (tertiary/aromatic N) is 2. The smallest absolute Gasteiger partial charge is 0.142 e. The van der Waals surface area contributed by atoms with Crippen LogP contribution in [0.1, 0.15) is 11.4 Å². The van der Waals surface area contributed by atoms with Gasteiger partial charge in [0, 0.05) is 6.20 Å². The van der Waals surface area contributed by atoms with Gasteiger partial charge in [0.05, 0.1) is 0 Å². The molecular weight excluding hydrogens is 111 g/mol. The number of hydrogen-bond donors (Lipinski definition) is 0. The van der Waals surface area contributed by atoms with Gasteiger partial charge in [0.15, 0.2) is 0 Å². The lowest BCUT2D eigenvalue weighted by Crippen LogP contribution is -2.14. The Hall–Kier alpha value is -0.855. The van der Waals surface area contributed by atoms with E-state index >= 15 is 0 Å². The summed E-state index contributed by atoms with van der Waals surface area (Å²) in [6.45, 7) is 3.70. The molecule has 0 aliphatic heterocycles. The fourth-order valence-corrected chi connectivity index (χ4v) is 0.548. The molecule has 3 heteroatoms. The van der Waals surface area contributed by atoms with Crippen LogP contribution in [-0.4, -0.2) is 17.8 Å². The molecule has 2 radical (unpaired) electrons. The topological polar surface area (TPSA) is 25.8 Å². The van der Waals surface area contributed by atoms with Gasteiger partial charge in [0.2, 0.25) is 0 Å². The van der Waals surface area contributed by atoms with Crippen LogP contribution in [0.4, 0.5) is 0 Å². The van der Waals surface area contributed by atoms with Gasteiger partial charge in [-0.3, -0.25) is 0 Å². The van der Waals surface area contributed by atoms with Crippen LogP contribution in [0.2, 0.25) is 0 Å². The minimum absolute atomic E-state index is 0.572. The Morgan fingerprint density at radius 3 is 2.56 bits per heavy atom. The van der Waals surface area contributed by atoms with E-state index in [1.807, 2.05) is 13.8 Å². The lowest BCUT2D eigenvalue weighted by molar-refractivity contribution is 1.06. The SMILES string of the molecule is [B]c1nc(C)ncc1C. The Kier molecular flexibility index (Phi) is 1.51. The van der Waals surface area contributed by atoms with Gasteiger partial charge in [0.25, 0.3) is 0 Å². The first-order valence-electron chi connectivity index (χ1n) is 2.76. The molecule has 0 unspecified atom stereocenters. The molecule has 0 saturated carbocycles. The van der Waals surface area contributed by atoms with E-state index in [1.54, 1.807) is 6.20 Å². The van der Waals surface area contributed by atoms with Crippen molar-refractivity contribution in [1.82, 2.24) is 9.97 Å². The lowest BCUT2D eigenvalue weighted by Gasteiger charge is -1.97. The lowest BCUT2D eigenvalue weighted by atomic mass is 10.00. The highest BCUT2D eigenvalue weighted by Crippen LogP contribution is 1.86. The maximum absolute atomic E-state index is 5.47. The van der Waals surface area contributed by atoms with E-state index in [1.165, 1.54) is 0 Å². The normalized spacial score (nSPS) is 9.56. The van der Waals surface area contributed by atoms with E-state index in [-0.39, 0.29) is 0 Å². The maximum atomic E-state index is 5.47. The van der Waals surface area contributed by atoms with Crippen molar-refractivity contribution in [3.63, 3.8) is 0 Å². The van der Waals surface area contributed by atoms with Gasteiger partial charge in [-0.2, -0.15) is 0 Å². The van der Waals surface area contributed by atoms with Crippen molar-refractivity contribution >= 4 is 13.4 Å². The molecule has 1 aromatic rings. The van der Waals surface area contributed by atoms with Crippen molar-refractivity contribution in [3.05, 3.63) is 17.6 Å². The number of hydrogen-bond acceptors (Lipinski definition) is 2. The molecule has 0 bridgehead atoms. The molecule has 9 heavy (non-hydrogen) atoms. The Bertz CT molecular complexity index is 222. The summed E-state index contributed by atoms with van der Waals surface area (Å²) < 4.78 is 0. The van der Waals surface area contributed by atoms with Gasteiger partial charge >= 0.3 is 0 Å². The van der Waals surface area contributed by atoms with Crippen molar-refractivity contribution in [3.8, 4) is 0 Å². The first-order valence-corrected chi connectivity index (χ1v) is 2.76. The summed E-state index contributed by atoms with van der Waals surface area (Å²) in [5, 5.41) is 0. The standard InChI is InChI=1S/C6H7BN2/c1-4-3-8-5(2)9-6(4)7/h3H,1-2H3. The van der Waals surface area contributed by atoms with Gasteiger partial charge in [-0.05, 0) is 25.0 Å². The number of aryl methyl sites for hydroxylation is 2. The fourth-order valence-electron chi connectivity index (χ4n) is 0.548. The highest BCUT2D eigenvalue weighted by atomic mass is 14.9. The summed E-state index contributed by atoms with van der Waals surface area (Å²) >= 11 is 0. The summed E-state index contributed by atoms with van der Waals surface area (Å²) in [6.07, 6.45) is 1.72. The molecule has 0 fully saturated rings. The van der Waals surface area contributed by atoms with E-state index in [9.17, 15) is 0 Å². The Balaban J connectivity index is 3.17. The number of rotatable bonds is 0. The third-order valence-electron chi connectivity index (χ3n) is 1.13. The van der Waals surface area contributed by atoms with E-state index in [0.717, 1.165) is 11.4 Å². The van der Waals surface area contributed by atoms with Gasteiger partial charge in [-0.25, -0.2) is 9.97 Å². The third-order valence-corrected chi connectivity index (χ3v) is 1.13. The van der Waals surface area contributed by atoms with Gasteiger partial charge in [-0.1, -0.05) is 0 Å². The van der Waals surface area contributed by atoms with Crippen molar-refractivity contribution in [2.45, 2.75) is 13.8 Å². The molecule has 0 saturated heterocycles. The molecule has 1 aromatic heterocycles. The summed E-state index contributed by atoms with van der Waals surface area (Å²) in [7, 11) is 5.47. The molecule has 0 aliphatic carbocycles. The zero-order valence-corrected chi connectivity index (χ0v) is 5.55. The molecule has 1 heterocycles. The van der Waals surface area contributed by atoms with Crippen LogP contribution in [-0.2, 0) is 0 Å². The van der Waals surface area contributed by atoms with Gasteiger partial charge in [0.1, 0.15) is 13.7 Å². The van der Waals surface area contributed by atoms with Crippen LogP contribution in [0.5, 0.6) is 0 Å². The second-order valence-electron chi connectivity index (χ2n) is 1.99. The monoisotopic (exact) mass is 118 g/mol. The molecule has 0 spiro atoms. The van der Waals surface area contributed by atoms with Crippen molar-refractivity contribution in [2.24, 2.45) is 0 Å². The van der Waals surface area contributed by atoms with Crippen LogP contribution in [0.3, 0.4) is 0 Å². The number of aromatic nitrogens is 2. The quantitative estimate of drug-likeness (QED) is 0.444. The zero-order chi connectivity index (χ0) is 6.85. The summed E-state index contributed by atoms with van der Waals surface area (Å²) in [5.41, 5.74) is 1.50. The molecule has 0 aromatic carbocycles. The third kappa shape index (κ3) is 1.28. The van der Waals surface area contributed by atoms with E-state index in [0.29, 0.717) is 5.59 Å². The van der Waals surface area contributed by atoms with Crippen molar-refractivity contribution in [1.29, 1.82) is 0 Å². The molecule has 0 aliphatic rings. The highest BCUT2D eigenvalue weighted by Gasteiger charge is 1.91. The zero-order valence-electron chi connectivity index (χ0n) is 5.55. The van der Waals surface area contributed by atoms with E-state index in [4.69, 9.17) is 7.85 Å². The Morgan fingerprint density at radius 2 is 2.11 bits per heavy atom. The first-order chi connectivity index (χ1) is 4.20. The van der Waals surface area contributed by atoms with E-state index in [2.05, 4.69) is 9.97 Å². The molecule has 0 N–H and O–H groups in total. The maximum Gasteiger partial charge on any atom is 0.142 e. The fraction of sp³-hybridized carbons (Fsp3) is 0.333. The second kappa shape index (κ2) is 2.17. The average Bonchev–Trinajstić information content (AvgIpc) is 1.80. The van der Waals surface area contributed by atoms with Crippen LogP contribution in [0.25, 0.3) is 0 Å². The van der Waals surface area contributed by atoms with Gasteiger partial charge in [-0.15, -0.1) is 0 Å². The Morgan fingerprint density at radius 1 is 1.44 bits per heavy atom. The minimum atomic E-state index is 0.572. The molecular formula is C6H7BN2. The van der Waals surface area contributed by atoms with Gasteiger partial charge < -0.3 is 0 Å². The van der Waals surface area contributed by atoms with Crippen LogP contribution < -0.4 is 5.59 Å². The predicted molar refractivity (Wildman–Crippen MR) is 36.9 cm³/mol. The average molecular weight is 118 g/mol. The summed E-state index contributed by atoms with van der Waals surface area (Å²) in [5.74, 6) is 0.720.